The van der Waals surface area contributed by atoms with E-state index in [1.807, 2.05) is 19.1 Å². The van der Waals surface area contributed by atoms with Crippen LogP contribution in [0, 0.1) is 17.8 Å². The summed E-state index contributed by atoms with van der Waals surface area (Å²) >= 11 is 0. The van der Waals surface area contributed by atoms with Gasteiger partial charge < -0.3 is 63.1 Å². The highest BCUT2D eigenvalue weighted by Crippen LogP contribution is 2.48. The van der Waals surface area contributed by atoms with Crippen LogP contribution in [-0.4, -0.2) is 130 Å². The molecule has 6 saturated heterocycles. The minimum atomic E-state index is -1.86. The van der Waals surface area contributed by atoms with Crippen molar-refractivity contribution in [2.24, 2.45) is 17.8 Å². The average molecular weight is 1180 g/mol. The first-order valence-corrected chi connectivity index (χ1v) is 33.6. The van der Waals surface area contributed by atoms with Crippen molar-refractivity contribution in [1.29, 1.82) is 0 Å². The van der Waals surface area contributed by atoms with Crippen LogP contribution in [-0.2, 0) is 52.2 Å². The van der Waals surface area contributed by atoms with E-state index >= 15 is 0 Å². The van der Waals surface area contributed by atoms with Gasteiger partial charge in [0.2, 0.25) is 5.79 Å². The topological polar surface area (TPSA) is 198 Å². The number of fused-ring (bicyclic) bond motifs is 1. The van der Waals surface area contributed by atoms with E-state index in [0.29, 0.717) is 69.5 Å². The highest BCUT2D eigenvalue weighted by molar-refractivity contribution is 5.79. The van der Waals surface area contributed by atoms with Crippen LogP contribution in [0.5, 0.6) is 0 Å². The average Bonchev–Trinajstić information content (AvgIpc) is 1.72. The summed E-state index contributed by atoms with van der Waals surface area (Å²) < 4.78 is 56.8. The van der Waals surface area contributed by atoms with Crippen molar-refractivity contribution in [3.63, 3.8) is 0 Å². The van der Waals surface area contributed by atoms with E-state index < -0.39 is 71.7 Å². The largest absolute Gasteiger partial charge is 0.466 e. The Balaban J connectivity index is 0.763. The number of esters is 2. The zero-order valence-corrected chi connectivity index (χ0v) is 52.6. The molecule has 0 aromatic carbocycles. The second-order valence-electron chi connectivity index (χ2n) is 26.7. The molecule has 15 heteroatoms. The first-order valence-electron chi connectivity index (χ1n) is 33.6. The molecular weight excluding hydrogens is 1070 g/mol. The first kappa shape index (κ1) is 68.7. The van der Waals surface area contributed by atoms with Gasteiger partial charge in [-0.2, -0.15) is 0 Å². The van der Waals surface area contributed by atoms with Gasteiger partial charge in [-0.1, -0.05) is 141 Å². The lowest BCUT2D eigenvalue weighted by Gasteiger charge is -2.50. The summed E-state index contributed by atoms with van der Waals surface area (Å²) in [4.78, 5) is 25.3. The molecule has 478 valence electrons. The van der Waals surface area contributed by atoms with Crippen molar-refractivity contribution in [2.45, 2.75) is 331 Å². The molecule has 17 atom stereocenters. The van der Waals surface area contributed by atoms with Gasteiger partial charge in [-0.15, -0.1) is 0 Å². The third kappa shape index (κ3) is 19.9. The highest BCUT2D eigenvalue weighted by atomic mass is 16.7. The number of hydrogen-bond acceptors (Lipinski definition) is 15. The van der Waals surface area contributed by atoms with Crippen LogP contribution in [0.15, 0.2) is 60.4 Å². The van der Waals surface area contributed by atoms with Gasteiger partial charge in [0.25, 0.3) is 0 Å². The minimum Gasteiger partial charge on any atom is -0.466 e. The van der Waals surface area contributed by atoms with Gasteiger partial charge in [-0.3, -0.25) is 4.79 Å². The number of carbonyl (C=O) groups excluding carboxylic acids is 2. The first-order chi connectivity index (χ1) is 40.4. The lowest BCUT2D eigenvalue weighted by atomic mass is 9.81. The van der Waals surface area contributed by atoms with E-state index in [2.05, 4.69) is 46.4 Å². The van der Waals surface area contributed by atoms with Gasteiger partial charge in [-0.25, -0.2) is 4.79 Å². The maximum absolute atomic E-state index is 13.1. The highest BCUT2D eigenvalue weighted by Gasteiger charge is 2.55. The van der Waals surface area contributed by atoms with Gasteiger partial charge in [0.15, 0.2) is 17.2 Å². The standard InChI is InChI=1S/C69H112O15/c1-8-9-10-11-12-13-14-15-16-17-19-22-25-32-61(72)76-42-26-23-20-18-21-24-27-43-77-65(74)66(7,75)48-55-35-36-60(71)69(81-55)47-49(2)45-59(83-69)50(3)33-34-54-37-40-67(80-54)41-38-58-64(84-67)62(73)53(6)63(79-58)56(70)46-51(4)57-31-28-39-68(82-57)52(5)30-29-44-78-68/h21,24,27,33-34,43,47,50-52,54-60,62-64,70-71,73,75H,6,8-20,22-23,25-26,28-32,35-42,44-46,48H2,1-5,7H3/b24-21+,34-33+,43-27+/t50-,51+,52+,54+,55+,56+,57+,58-,59+,60-,62-,63+,64-,66-,67-,68-,69-/m1/s1. The molecule has 84 heavy (non-hydrogen) atoms. The Kier molecular flexibility index (Phi) is 27.5. The normalized spacial score (nSPS) is 34.7. The van der Waals surface area contributed by atoms with E-state index in [9.17, 15) is 30.0 Å². The number of rotatable bonds is 32. The monoisotopic (exact) mass is 1180 g/mol. The molecule has 0 radical (unpaired) electrons. The summed E-state index contributed by atoms with van der Waals surface area (Å²) in [6.45, 7) is 17.5. The minimum absolute atomic E-state index is 0.0346. The van der Waals surface area contributed by atoms with E-state index in [-0.39, 0.29) is 42.5 Å². The fraction of sp³-hybridized carbons (Fsp3) is 0.826. The number of aliphatic hydroxyl groups is 4. The smallest absolute Gasteiger partial charge is 0.342 e. The molecule has 7 rings (SSSR count). The summed E-state index contributed by atoms with van der Waals surface area (Å²) in [6, 6.07) is 0. The third-order valence-electron chi connectivity index (χ3n) is 19.3. The molecule has 3 spiro atoms. The van der Waals surface area contributed by atoms with Gasteiger partial charge >= 0.3 is 11.9 Å². The number of aliphatic hydroxyl groups excluding tert-OH is 3. The fourth-order valence-corrected chi connectivity index (χ4v) is 14.1. The van der Waals surface area contributed by atoms with Crippen molar-refractivity contribution >= 4 is 11.9 Å². The van der Waals surface area contributed by atoms with Crippen molar-refractivity contribution in [2.75, 3.05) is 13.2 Å². The molecule has 6 fully saturated rings. The van der Waals surface area contributed by atoms with Crippen LogP contribution in [0.25, 0.3) is 0 Å². The van der Waals surface area contributed by atoms with E-state index in [0.717, 1.165) is 89.2 Å². The molecule has 0 aromatic rings. The molecule has 0 amide bonds. The summed E-state index contributed by atoms with van der Waals surface area (Å²) in [5.74, 6) is -3.49. The second-order valence-corrected chi connectivity index (χ2v) is 26.7. The Hall–Kier alpha value is -2.80. The predicted molar refractivity (Wildman–Crippen MR) is 324 cm³/mol. The van der Waals surface area contributed by atoms with E-state index in [4.69, 9.17) is 42.6 Å². The molecule has 0 saturated carbocycles. The predicted octanol–water partition coefficient (Wildman–Crippen LogP) is 13.3. The Morgan fingerprint density at radius 1 is 0.821 bits per heavy atom. The van der Waals surface area contributed by atoms with Crippen molar-refractivity contribution < 1.29 is 72.6 Å². The van der Waals surface area contributed by atoms with Crippen LogP contribution in [0.3, 0.4) is 0 Å². The number of allylic oxidation sites excluding steroid dienone is 3. The van der Waals surface area contributed by atoms with E-state index in [1.54, 1.807) is 12.2 Å². The molecule has 15 nitrogen and oxygen atoms in total. The van der Waals surface area contributed by atoms with Crippen LogP contribution in [0.1, 0.15) is 247 Å². The van der Waals surface area contributed by atoms with Crippen LogP contribution >= 0.6 is 0 Å². The summed E-state index contributed by atoms with van der Waals surface area (Å²) in [7, 11) is 0. The maximum Gasteiger partial charge on any atom is 0.342 e. The summed E-state index contributed by atoms with van der Waals surface area (Å²) in [6.07, 6.45) is 36.8. The Bertz CT molecular complexity index is 2140. The molecule has 0 bridgehead atoms. The van der Waals surface area contributed by atoms with Gasteiger partial charge in [-0.05, 0) is 134 Å². The summed E-state index contributed by atoms with van der Waals surface area (Å²) in [5.41, 5.74) is -0.441. The molecule has 7 aliphatic rings. The maximum atomic E-state index is 13.1. The van der Waals surface area contributed by atoms with Gasteiger partial charge in [0, 0.05) is 43.9 Å². The molecule has 7 heterocycles. The third-order valence-corrected chi connectivity index (χ3v) is 19.3. The number of unbranched alkanes of at least 4 members (excludes halogenated alkanes) is 15. The molecule has 0 unspecified atom stereocenters. The quantitative estimate of drug-likeness (QED) is 0.0163. The van der Waals surface area contributed by atoms with Gasteiger partial charge in [0.1, 0.15) is 24.4 Å². The molecule has 0 aliphatic carbocycles. The Morgan fingerprint density at radius 3 is 2.27 bits per heavy atom. The zero-order chi connectivity index (χ0) is 60.2. The van der Waals surface area contributed by atoms with Crippen molar-refractivity contribution in [1.82, 2.24) is 0 Å². The number of carbonyl (C=O) groups is 2. The van der Waals surface area contributed by atoms with Crippen LogP contribution in [0.2, 0.25) is 0 Å². The lowest BCUT2D eigenvalue weighted by Crippen LogP contribution is -2.60. The Morgan fingerprint density at radius 2 is 1.54 bits per heavy atom. The lowest BCUT2D eigenvalue weighted by molar-refractivity contribution is -0.326. The van der Waals surface area contributed by atoms with Gasteiger partial charge in [0.05, 0.1) is 56.1 Å². The number of ether oxygens (including phenoxy) is 9. The zero-order valence-electron chi connectivity index (χ0n) is 52.6. The molecule has 4 N–H and O–H groups in total. The SMILES string of the molecule is C=C1[C@@H](O)[C@@H]2O[C@]3(CC[C@H](/C=C/[C@@H](C)[C@@H]4CC(C)=C[C@@]5(O[C@H](C[C@@](C)(O)C(=O)O/C=C/C=C/CCCCCOC(=O)CCCCCCCCCCCCCCC)CC[C@H]5O)O4)O3)CC[C@H]2O[C@@H]1[C@@H](O)C[C@H](C)[C@@H]1CCC[C@@]2(OCCC[C@@H]2C)O1. The fourth-order valence-electron chi connectivity index (χ4n) is 14.1. The second kappa shape index (κ2) is 33.7. The molecule has 7 aliphatic heterocycles. The molecular formula is C69H112O15. The van der Waals surface area contributed by atoms with E-state index in [1.165, 1.54) is 83.8 Å². The summed E-state index contributed by atoms with van der Waals surface area (Å²) in [5, 5.41) is 46.0. The molecule has 0 aromatic heterocycles. The van der Waals surface area contributed by atoms with Crippen LogP contribution < -0.4 is 0 Å². The Labute approximate surface area is 505 Å². The van der Waals surface area contributed by atoms with Crippen molar-refractivity contribution in [3.05, 3.63) is 60.4 Å². The number of hydrogen-bond donors (Lipinski definition) is 4. The van der Waals surface area contributed by atoms with Crippen LogP contribution in [0.4, 0.5) is 0 Å². The van der Waals surface area contributed by atoms with Crippen molar-refractivity contribution in [3.8, 4) is 0 Å².